The normalized spacial score (nSPS) is 16.2. The van der Waals surface area contributed by atoms with Gasteiger partial charge in [-0.3, -0.25) is 9.59 Å². The van der Waals surface area contributed by atoms with Gasteiger partial charge in [0.15, 0.2) is 6.29 Å². The standard InChI is InChI=1S/C23H35ClN2O5/c1-22(2,3)31-21(28)8-6-4-5-7-15-30-17-23(29)11-13-26(14-12-23)19-9-10-20(24)25-18(19)16-27/h9-10,16,29H,4-8,11-15,17H2,1-3H3. The summed E-state index contributed by atoms with van der Waals surface area (Å²) in [5.74, 6) is -0.146. The number of hydrogen-bond acceptors (Lipinski definition) is 7. The van der Waals surface area contributed by atoms with Crippen LogP contribution < -0.4 is 4.90 Å². The third kappa shape index (κ3) is 9.13. The Morgan fingerprint density at radius 1 is 1.23 bits per heavy atom. The summed E-state index contributed by atoms with van der Waals surface area (Å²) in [4.78, 5) is 29.0. The number of carbonyl (C=O) groups is 2. The molecule has 0 aliphatic carbocycles. The first-order chi connectivity index (χ1) is 14.6. The molecular formula is C23H35ClN2O5. The van der Waals surface area contributed by atoms with Crippen molar-refractivity contribution in [1.82, 2.24) is 4.98 Å². The van der Waals surface area contributed by atoms with Gasteiger partial charge in [-0.25, -0.2) is 4.98 Å². The Balaban J connectivity index is 1.60. The highest BCUT2D eigenvalue weighted by atomic mass is 35.5. The van der Waals surface area contributed by atoms with Gasteiger partial charge in [0.1, 0.15) is 16.4 Å². The lowest BCUT2D eigenvalue weighted by Crippen LogP contribution is -2.47. The van der Waals surface area contributed by atoms with Crippen LogP contribution in [0.4, 0.5) is 5.69 Å². The summed E-state index contributed by atoms with van der Waals surface area (Å²) in [6, 6.07) is 3.46. The number of nitrogens with zero attached hydrogens (tertiary/aromatic N) is 2. The van der Waals surface area contributed by atoms with Crippen molar-refractivity contribution < 1.29 is 24.2 Å². The second kappa shape index (κ2) is 11.8. The van der Waals surface area contributed by atoms with Crippen molar-refractivity contribution in [3.05, 3.63) is 23.0 Å². The van der Waals surface area contributed by atoms with Crippen LogP contribution in [-0.2, 0) is 14.3 Å². The molecule has 0 radical (unpaired) electrons. The number of halogens is 1. The Labute approximate surface area is 190 Å². The van der Waals surface area contributed by atoms with E-state index in [-0.39, 0.29) is 11.1 Å². The number of unbranched alkanes of at least 4 members (excludes halogenated alkanes) is 3. The fraction of sp³-hybridized carbons (Fsp3) is 0.696. The zero-order valence-electron chi connectivity index (χ0n) is 18.9. The van der Waals surface area contributed by atoms with E-state index >= 15 is 0 Å². The largest absolute Gasteiger partial charge is 0.460 e. The molecule has 1 aliphatic heterocycles. The van der Waals surface area contributed by atoms with Gasteiger partial charge in [0.2, 0.25) is 0 Å². The van der Waals surface area contributed by atoms with Crippen LogP contribution in [-0.4, -0.2) is 59.9 Å². The number of ether oxygens (including phenoxy) is 2. The van der Waals surface area contributed by atoms with E-state index < -0.39 is 11.2 Å². The van der Waals surface area contributed by atoms with E-state index in [1.165, 1.54) is 0 Å². The highest BCUT2D eigenvalue weighted by Gasteiger charge is 2.33. The molecule has 0 aromatic carbocycles. The Morgan fingerprint density at radius 2 is 1.90 bits per heavy atom. The van der Waals surface area contributed by atoms with Gasteiger partial charge in [-0.2, -0.15) is 0 Å². The topological polar surface area (TPSA) is 89.0 Å². The van der Waals surface area contributed by atoms with E-state index in [0.29, 0.717) is 57.5 Å². The van der Waals surface area contributed by atoms with Gasteiger partial charge in [0.25, 0.3) is 0 Å². The quantitative estimate of drug-likeness (QED) is 0.232. The predicted octanol–water partition coefficient (Wildman–Crippen LogP) is 4.19. The SMILES string of the molecule is CC(C)(C)OC(=O)CCCCCCOCC1(O)CCN(c2ccc(Cl)nc2C=O)CC1. The fourth-order valence-electron chi connectivity index (χ4n) is 3.59. The maximum Gasteiger partial charge on any atom is 0.306 e. The van der Waals surface area contributed by atoms with Crippen molar-refractivity contribution >= 4 is 29.5 Å². The maximum atomic E-state index is 11.7. The highest BCUT2D eigenvalue weighted by Crippen LogP contribution is 2.28. The Morgan fingerprint density at radius 3 is 2.55 bits per heavy atom. The van der Waals surface area contributed by atoms with Crippen LogP contribution in [0.15, 0.2) is 12.1 Å². The number of carbonyl (C=O) groups excluding carboxylic acids is 2. The third-order valence-electron chi connectivity index (χ3n) is 5.23. The van der Waals surface area contributed by atoms with Crippen molar-refractivity contribution in [2.45, 2.75) is 76.9 Å². The van der Waals surface area contributed by atoms with Gasteiger partial charge >= 0.3 is 5.97 Å². The number of esters is 1. The number of aromatic nitrogens is 1. The fourth-order valence-corrected chi connectivity index (χ4v) is 3.74. The zero-order valence-corrected chi connectivity index (χ0v) is 19.6. The summed E-state index contributed by atoms with van der Waals surface area (Å²) in [6.45, 7) is 7.75. The molecule has 1 N–H and O–H groups in total. The maximum absolute atomic E-state index is 11.7. The number of rotatable bonds is 11. The third-order valence-corrected chi connectivity index (χ3v) is 5.44. The van der Waals surface area contributed by atoms with Crippen molar-refractivity contribution in [3.8, 4) is 0 Å². The first-order valence-electron chi connectivity index (χ1n) is 11.0. The first-order valence-corrected chi connectivity index (χ1v) is 11.4. The van der Waals surface area contributed by atoms with Gasteiger partial charge in [0, 0.05) is 26.1 Å². The molecule has 8 heteroatoms. The molecule has 0 atom stereocenters. The molecule has 0 unspecified atom stereocenters. The molecule has 2 heterocycles. The number of aliphatic hydroxyl groups is 1. The molecule has 0 bridgehead atoms. The molecule has 0 spiro atoms. The summed E-state index contributed by atoms with van der Waals surface area (Å²) in [7, 11) is 0. The molecule has 1 aliphatic rings. The highest BCUT2D eigenvalue weighted by molar-refractivity contribution is 6.29. The van der Waals surface area contributed by atoms with E-state index in [1.807, 2.05) is 25.7 Å². The molecular weight excluding hydrogens is 420 g/mol. The summed E-state index contributed by atoms with van der Waals surface area (Å²) in [5, 5.41) is 11.1. The van der Waals surface area contributed by atoms with E-state index in [2.05, 4.69) is 4.98 Å². The molecule has 2 rings (SSSR count). The molecule has 1 aromatic rings. The summed E-state index contributed by atoms with van der Waals surface area (Å²) in [5.41, 5.74) is -0.215. The van der Waals surface area contributed by atoms with E-state index in [4.69, 9.17) is 21.1 Å². The lowest BCUT2D eigenvalue weighted by atomic mass is 9.92. The van der Waals surface area contributed by atoms with Crippen LogP contribution >= 0.6 is 11.6 Å². The first kappa shape index (κ1) is 25.6. The number of hydrogen-bond donors (Lipinski definition) is 1. The minimum Gasteiger partial charge on any atom is -0.460 e. The number of aldehydes is 1. The van der Waals surface area contributed by atoms with Crippen LogP contribution in [0.5, 0.6) is 0 Å². The monoisotopic (exact) mass is 454 g/mol. The number of pyridine rings is 1. The minimum atomic E-state index is -0.853. The Hall–Kier alpha value is -1.70. The van der Waals surface area contributed by atoms with E-state index in [1.54, 1.807) is 12.1 Å². The van der Waals surface area contributed by atoms with Gasteiger partial charge in [-0.1, -0.05) is 24.4 Å². The van der Waals surface area contributed by atoms with Crippen LogP contribution in [0.3, 0.4) is 0 Å². The Bertz CT molecular complexity index is 727. The Kier molecular flexibility index (Phi) is 9.72. The molecule has 174 valence electrons. The van der Waals surface area contributed by atoms with Gasteiger partial charge in [0.05, 0.1) is 17.9 Å². The van der Waals surface area contributed by atoms with E-state index in [9.17, 15) is 14.7 Å². The summed E-state index contributed by atoms with van der Waals surface area (Å²) in [6.07, 6.45) is 5.92. The molecule has 1 aromatic heterocycles. The van der Waals surface area contributed by atoms with Gasteiger partial charge < -0.3 is 19.5 Å². The number of anilines is 1. The molecule has 1 saturated heterocycles. The molecule has 0 amide bonds. The van der Waals surface area contributed by atoms with Crippen molar-refractivity contribution in [3.63, 3.8) is 0 Å². The molecule has 0 saturated carbocycles. The molecule has 31 heavy (non-hydrogen) atoms. The van der Waals surface area contributed by atoms with Crippen LogP contribution in [0, 0.1) is 0 Å². The van der Waals surface area contributed by atoms with Crippen LogP contribution in [0.1, 0.15) is 76.2 Å². The molecule has 7 nitrogen and oxygen atoms in total. The second-order valence-electron chi connectivity index (χ2n) is 9.17. The summed E-state index contributed by atoms with van der Waals surface area (Å²) >= 11 is 5.86. The van der Waals surface area contributed by atoms with Crippen molar-refractivity contribution in [2.75, 3.05) is 31.2 Å². The second-order valence-corrected chi connectivity index (χ2v) is 9.56. The summed E-state index contributed by atoms with van der Waals surface area (Å²) < 4.78 is 11.0. The predicted molar refractivity (Wildman–Crippen MR) is 121 cm³/mol. The van der Waals surface area contributed by atoms with Crippen LogP contribution in [0.2, 0.25) is 5.15 Å². The zero-order chi connectivity index (χ0) is 22.9. The smallest absolute Gasteiger partial charge is 0.306 e. The molecule has 1 fully saturated rings. The van der Waals surface area contributed by atoms with Crippen molar-refractivity contribution in [2.24, 2.45) is 0 Å². The average Bonchev–Trinajstić information content (AvgIpc) is 2.69. The average molecular weight is 455 g/mol. The van der Waals surface area contributed by atoms with E-state index in [0.717, 1.165) is 31.4 Å². The van der Waals surface area contributed by atoms with Crippen molar-refractivity contribution in [1.29, 1.82) is 0 Å². The van der Waals surface area contributed by atoms with Gasteiger partial charge in [-0.15, -0.1) is 0 Å². The van der Waals surface area contributed by atoms with Gasteiger partial charge in [-0.05, 0) is 58.6 Å². The number of piperidine rings is 1. The lowest BCUT2D eigenvalue weighted by Gasteiger charge is -2.39. The lowest BCUT2D eigenvalue weighted by molar-refractivity contribution is -0.154. The van der Waals surface area contributed by atoms with Crippen LogP contribution in [0.25, 0.3) is 0 Å². The minimum absolute atomic E-state index is 0.146.